The molecule has 0 bridgehead atoms. The van der Waals surface area contributed by atoms with Crippen molar-refractivity contribution >= 4 is 11.9 Å². The molecule has 20 heavy (non-hydrogen) atoms. The van der Waals surface area contributed by atoms with E-state index in [1.54, 1.807) is 32.0 Å². The van der Waals surface area contributed by atoms with Gasteiger partial charge in [-0.2, -0.15) is 0 Å². The van der Waals surface area contributed by atoms with E-state index >= 15 is 0 Å². The van der Waals surface area contributed by atoms with Crippen LogP contribution in [-0.2, 0) is 4.79 Å². The molecule has 2 N–H and O–H groups in total. The SMILES string of the molecule is CC(NC(=O)c1ccc2c(c1)OCCO2)C(C)C(=O)O. The van der Waals surface area contributed by atoms with E-state index in [-0.39, 0.29) is 5.91 Å². The molecule has 2 rings (SSSR count). The van der Waals surface area contributed by atoms with Crippen molar-refractivity contribution in [3.63, 3.8) is 0 Å². The van der Waals surface area contributed by atoms with Gasteiger partial charge in [0, 0.05) is 11.6 Å². The van der Waals surface area contributed by atoms with Crippen LogP contribution in [0.25, 0.3) is 0 Å². The summed E-state index contributed by atoms with van der Waals surface area (Å²) in [5.74, 6) is -0.790. The lowest BCUT2D eigenvalue weighted by Crippen LogP contribution is -2.40. The van der Waals surface area contributed by atoms with Crippen molar-refractivity contribution < 1.29 is 24.2 Å². The summed E-state index contributed by atoms with van der Waals surface area (Å²) in [7, 11) is 0. The topological polar surface area (TPSA) is 84.9 Å². The van der Waals surface area contributed by atoms with Crippen LogP contribution in [0.4, 0.5) is 0 Å². The van der Waals surface area contributed by atoms with Crippen LogP contribution in [0.15, 0.2) is 18.2 Å². The second kappa shape index (κ2) is 5.81. The Morgan fingerprint density at radius 2 is 1.85 bits per heavy atom. The maximum atomic E-state index is 12.1. The lowest BCUT2D eigenvalue weighted by atomic mass is 10.0. The van der Waals surface area contributed by atoms with Gasteiger partial charge < -0.3 is 19.9 Å². The van der Waals surface area contributed by atoms with E-state index < -0.39 is 17.9 Å². The Bertz CT molecular complexity index is 528. The number of carboxylic acid groups (broad SMARTS) is 1. The van der Waals surface area contributed by atoms with Gasteiger partial charge in [0.2, 0.25) is 0 Å². The fraction of sp³-hybridized carbons (Fsp3) is 0.429. The lowest BCUT2D eigenvalue weighted by molar-refractivity contribution is -0.141. The molecule has 0 saturated heterocycles. The van der Waals surface area contributed by atoms with Crippen LogP contribution in [0.5, 0.6) is 11.5 Å². The number of carboxylic acids is 1. The molecule has 1 amide bonds. The zero-order chi connectivity index (χ0) is 14.7. The lowest BCUT2D eigenvalue weighted by Gasteiger charge is -2.20. The average Bonchev–Trinajstić information content (AvgIpc) is 2.45. The van der Waals surface area contributed by atoms with Crippen molar-refractivity contribution in [3.05, 3.63) is 23.8 Å². The van der Waals surface area contributed by atoms with Gasteiger partial charge in [0.05, 0.1) is 5.92 Å². The summed E-state index contributed by atoms with van der Waals surface area (Å²) in [6.07, 6.45) is 0. The zero-order valence-corrected chi connectivity index (χ0v) is 11.4. The Hall–Kier alpha value is -2.24. The van der Waals surface area contributed by atoms with Gasteiger partial charge in [-0.25, -0.2) is 0 Å². The molecule has 1 aromatic carbocycles. The third-order valence-corrected chi connectivity index (χ3v) is 3.30. The Labute approximate surface area is 116 Å². The first-order chi connectivity index (χ1) is 9.49. The second-order valence-corrected chi connectivity index (χ2v) is 4.75. The van der Waals surface area contributed by atoms with Gasteiger partial charge in [-0.15, -0.1) is 0 Å². The summed E-state index contributed by atoms with van der Waals surface area (Å²) >= 11 is 0. The number of rotatable bonds is 4. The largest absolute Gasteiger partial charge is 0.486 e. The van der Waals surface area contributed by atoms with Crippen LogP contribution in [0.3, 0.4) is 0 Å². The number of carbonyl (C=O) groups excluding carboxylic acids is 1. The van der Waals surface area contributed by atoms with Gasteiger partial charge in [-0.05, 0) is 32.0 Å². The molecular weight excluding hydrogens is 262 g/mol. The standard InChI is InChI=1S/C14H17NO5/c1-8(14(17)18)9(2)15-13(16)10-3-4-11-12(7-10)20-6-5-19-11/h3-4,7-9H,5-6H2,1-2H3,(H,15,16)(H,17,18). The Morgan fingerprint density at radius 1 is 1.20 bits per heavy atom. The van der Waals surface area contributed by atoms with Gasteiger partial charge in [0.15, 0.2) is 11.5 Å². The number of hydrogen-bond donors (Lipinski definition) is 2. The molecule has 0 spiro atoms. The van der Waals surface area contributed by atoms with Crippen LogP contribution in [0.2, 0.25) is 0 Å². The molecule has 0 radical (unpaired) electrons. The molecule has 0 aliphatic carbocycles. The second-order valence-electron chi connectivity index (χ2n) is 4.75. The number of carbonyl (C=O) groups is 2. The number of hydrogen-bond acceptors (Lipinski definition) is 4. The quantitative estimate of drug-likeness (QED) is 0.867. The number of fused-ring (bicyclic) bond motifs is 1. The van der Waals surface area contributed by atoms with E-state index in [2.05, 4.69) is 5.32 Å². The highest BCUT2D eigenvalue weighted by atomic mass is 16.6. The highest BCUT2D eigenvalue weighted by Crippen LogP contribution is 2.30. The number of ether oxygens (including phenoxy) is 2. The summed E-state index contributed by atoms with van der Waals surface area (Å²) in [6.45, 7) is 4.15. The smallest absolute Gasteiger partial charge is 0.308 e. The molecule has 1 aromatic rings. The van der Waals surface area contributed by atoms with Crippen LogP contribution in [0, 0.1) is 5.92 Å². The predicted octanol–water partition coefficient (Wildman–Crippen LogP) is 1.30. The van der Waals surface area contributed by atoms with Gasteiger partial charge in [-0.3, -0.25) is 9.59 Å². The number of nitrogens with one attached hydrogen (secondary N) is 1. The zero-order valence-electron chi connectivity index (χ0n) is 11.4. The Kier molecular flexibility index (Phi) is 4.12. The molecule has 6 heteroatoms. The van der Waals surface area contributed by atoms with Gasteiger partial charge in [0.1, 0.15) is 13.2 Å². The number of amides is 1. The fourth-order valence-corrected chi connectivity index (χ4v) is 1.81. The summed E-state index contributed by atoms with van der Waals surface area (Å²) in [5, 5.41) is 11.6. The third kappa shape index (κ3) is 3.01. The summed E-state index contributed by atoms with van der Waals surface area (Å²) in [6, 6.07) is 4.44. The van der Waals surface area contributed by atoms with Crippen molar-refractivity contribution in [3.8, 4) is 11.5 Å². The maximum Gasteiger partial charge on any atom is 0.308 e. The van der Waals surface area contributed by atoms with E-state index in [9.17, 15) is 9.59 Å². The molecule has 108 valence electrons. The number of benzene rings is 1. The Morgan fingerprint density at radius 3 is 2.50 bits per heavy atom. The highest BCUT2D eigenvalue weighted by molar-refractivity contribution is 5.95. The molecule has 0 aromatic heterocycles. The first-order valence-electron chi connectivity index (χ1n) is 6.42. The molecule has 1 aliphatic heterocycles. The summed E-state index contributed by atoms with van der Waals surface area (Å²) in [4.78, 5) is 22.9. The van der Waals surface area contributed by atoms with Crippen molar-refractivity contribution in [2.45, 2.75) is 19.9 Å². The first-order valence-corrected chi connectivity index (χ1v) is 6.42. The highest BCUT2D eigenvalue weighted by Gasteiger charge is 2.22. The van der Waals surface area contributed by atoms with Crippen molar-refractivity contribution in [1.29, 1.82) is 0 Å². The Balaban J connectivity index is 2.08. The minimum absolute atomic E-state index is 0.331. The molecule has 2 atom stereocenters. The normalized spacial score (nSPS) is 16.1. The summed E-state index contributed by atoms with van der Waals surface area (Å²) in [5.41, 5.74) is 0.415. The van der Waals surface area contributed by atoms with Crippen molar-refractivity contribution in [2.24, 2.45) is 5.92 Å². The maximum absolute atomic E-state index is 12.1. The molecule has 1 aliphatic rings. The number of aliphatic carboxylic acids is 1. The van der Waals surface area contributed by atoms with Gasteiger partial charge in [0.25, 0.3) is 5.91 Å². The van der Waals surface area contributed by atoms with Crippen LogP contribution < -0.4 is 14.8 Å². The third-order valence-electron chi connectivity index (χ3n) is 3.30. The van der Waals surface area contributed by atoms with Crippen LogP contribution in [0.1, 0.15) is 24.2 Å². The molecule has 1 heterocycles. The van der Waals surface area contributed by atoms with E-state index in [4.69, 9.17) is 14.6 Å². The molecule has 2 unspecified atom stereocenters. The minimum atomic E-state index is -0.944. The summed E-state index contributed by atoms with van der Waals surface area (Å²) < 4.78 is 10.8. The van der Waals surface area contributed by atoms with Crippen molar-refractivity contribution in [1.82, 2.24) is 5.32 Å². The van der Waals surface area contributed by atoms with Crippen LogP contribution in [-0.4, -0.2) is 36.2 Å². The predicted molar refractivity (Wildman–Crippen MR) is 71.2 cm³/mol. The monoisotopic (exact) mass is 279 g/mol. The molecule has 0 saturated carbocycles. The van der Waals surface area contributed by atoms with E-state index in [0.29, 0.717) is 30.3 Å². The first kappa shape index (κ1) is 14.2. The molecule has 0 fully saturated rings. The van der Waals surface area contributed by atoms with Gasteiger partial charge in [-0.1, -0.05) is 0 Å². The fourth-order valence-electron chi connectivity index (χ4n) is 1.81. The molecule has 6 nitrogen and oxygen atoms in total. The van der Waals surface area contributed by atoms with E-state index in [1.165, 1.54) is 0 Å². The minimum Gasteiger partial charge on any atom is -0.486 e. The van der Waals surface area contributed by atoms with E-state index in [1.807, 2.05) is 0 Å². The van der Waals surface area contributed by atoms with Crippen LogP contribution >= 0.6 is 0 Å². The van der Waals surface area contributed by atoms with Crippen molar-refractivity contribution in [2.75, 3.05) is 13.2 Å². The van der Waals surface area contributed by atoms with Gasteiger partial charge >= 0.3 is 5.97 Å². The molecular formula is C14H17NO5. The average molecular weight is 279 g/mol. The van der Waals surface area contributed by atoms with E-state index in [0.717, 1.165) is 0 Å².